The fraction of sp³-hybridized carbons (Fsp3) is 0. The molecule has 0 amide bonds. The normalized spacial score (nSPS) is 10.9. The van der Waals surface area contributed by atoms with Crippen molar-refractivity contribution in [2.24, 2.45) is 0 Å². The summed E-state index contributed by atoms with van der Waals surface area (Å²) in [6.45, 7) is 0. The van der Waals surface area contributed by atoms with Crippen LogP contribution in [0.1, 0.15) is 0 Å². The molecule has 134 valence electrons. The number of rotatable bonds is 4. The monoisotopic (exact) mass is 362 g/mol. The molecule has 3 aromatic carbocycles. The van der Waals surface area contributed by atoms with Gasteiger partial charge in [-0.1, -0.05) is 91.0 Å². The molecule has 0 radical (unpaired) electrons. The third-order valence-electron chi connectivity index (χ3n) is 4.82. The van der Waals surface area contributed by atoms with Crippen molar-refractivity contribution in [2.75, 3.05) is 0 Å². The average molecular weight is 362 g/mol. The minimum Gasteiger partial charge on any atom is -0.464 e. The Morgan fingerprint density at radius 3 is 1.68 bits per heavy atom. The molecule has 0 spiro atoms. The first-order valence-electron chi connectivity index (χ1n) is 9.28. The summed E-state index contributed by atoms with van der Waals surface area (Å²) in [4.78, 5) is 0. The Bertz CT molecular complexity index is 1180. The van der Waals surface area contributed by atoms with E-state index in [1.54, 1.807) is 6.26 Å². The van der Waals surface area contributed by atoms with E-state index in [4.69, 9.17) is 8.83 Å². The number of hydrogen-bond acceptors (Lipinski definition) is 2. The Hall–Kier alpha value is -3.78. The van der Waals surface area contributed by atoms with Crippen molar-refractivity contribution >= 4 is 0 Å². The van der Waals surface area contributed by atoms with Crippen molar-refractivity contribution in [3.63, 3.8) is 0 Å². The van der Waals surface area contributed by atoms with Crippen molar-refractivity contribution in [1.29, 1.82) is 0 Å². The van der Waals surface area contributed by atoms with E-state index in [9.17, 15) is 0 Å². The summed E-state index contributed by atoms with van der Waals surface area (Å²) in [5.41, 5.74) is 5.19. The van der Waals surface area contributed by atoms with Gasteiger partial charge in [0.15, 0.2) is 0 Å². The molecule has 28 heavy (non-hydrogen) atoms. The van der Waals surface area contributed by atoms with E-state index in [1.807, 2.05) is 60.7 Å². The van der Waals surface area contributed by atoms with Crippen molar-refractivity contribution in [2.45, 2.75) is 0 Å². The largest absolute Gasteiger partial charge is 0.464 e. The zero-order chi connectivity index (χ0) is 18.8. The van der Waals surface area contributed by atoms with Gasteiger partial charge in [0.05, 0.1) is 11.8 Å². The van der Waals surface area contributed by atoms with Gasteiger partial charge in [-0.3, -0.25) is 0 Å². The Morgan fingerprint density at radius 2 is 1.04 bits per heavy atom. The third kappa shape index (κ3) is 2.95. The van der Waals surface area contributed by atoms with Gasteiger partial charge in [0.1, 0.15) is 17.3 Å². The SMILES string of the molecule is c1ccc(-c2cc(-c3occc3-c3ccccc3)c(-c3ccccc3)o2)cc1. The highest BCUT2D eigenvalue weighted by Crippen LogP contribution is 2.42. The zero-order valence-electron chi connectivity index (χ0n) is 15.2. The maximum absolute atomic E-state index is 6.34. The quantitative estimate of drug-likeness (QED) is 0.330. The van der Waals surface area contributed by atoms with Crippen LogP contribution in [-0.4, -0.2) is 0 Å². The lowest BCUT2D eigenvalue weighted by Crippen LogP contribution is -1.81. The molecule has 2 aromatic heterocycles. The molecule has 0 aliphatic carbocycles. The molecule has 2 heteroatoms. The Morgan fingerprint density at radius 1 is 0.464 bits per heavy atom. The molecule has 0 aliphatic rings. The van der Waals surface area contributed by atoms with Gasteiger partial charge >= 0.3 is 0 Å². The topological polar surface area (TPSA) is 26.3 Å². The summed E-state index contributed by atoms with van der Waals surface area (Å²) in [6.07, 6.45) is 1.74. The first kappa shape index (κ1) is 16.4. The highest BCUT2D eigenvalue weighted by molar-refractivity contribution is 5.88. The van der Waals surface area contributed by atoms with Crippen LogP contribution in [0.2, 0.25) is 0 Å². The molecular formula is C26H18O2. The molecule has 0 unspecified atom stereocenters. The molecule has 0 bridgehead atoms. The van der Waals surface area contributed by atoms with Gasteiger partial charge in [-0.15, -0.1) is 0 Å². The van der Waals surface area contributed by atoms with Crippen molar-refractivity contribution in [1.82, 2.24) is 0 Å². The van der Waals surface area contributed by atoms with Crippen molar-refractivity contribution in [3.05, 3.63) is 109 Å². The number of benzene rings is 3. The minimum absolute atomic E-state index is 0.812. The van der Waals surface area contributed by atoms with Gasteiger partial charge < -0.3 is 8.83 Å². The van der Waals surface area contributed by atoms with Crippen LogP contribution in [0, 0.1) is 0 Å². The Labute approximate surface area is 163 Å². The van der Waals surface area contributed by atoms with Gasteiger partial charge in [-0.05, 0) is 17.7 Å². The molecule has 2 heterocycles. The molecule has 0 N–H and O–H groups in total. The Kier molecular flexibility index (Phi) is 4.15. The summed E-state index contributed by atoms with van der Waals surface area (Å²) in [5, 5.41) is 0. The molecule has 5 rings (SSSR count). The van der Waals surface area contributed by atoms with Crippen molar-refractivity contribution < 1.29 is 8.83 Å². The first-order chi connectivity index (χ1) is 13.9. The molecule has 5 aromatic rings. The van der Waals surface area contributed by atoms with Crippen LogP contribution in [-0.2, 0) is 0 Å². The molecular weight excluding hydrogens is 344 g/mol. The van der Waals surface area contributed by atoms with E-state index in [1.165, 1.54) is 0 Å². The van der Waals surface area contributed by atoms with Crippen LogP contribution in [0.25, 0.3) is 45.1 Å². The summed E-state index contributed by atoms with van der Waals surface area (Å²) in [7, 11) is 0. The second-order valence-electron chi connectivity index (χ2n) is 6.61. The fourth-order valence-corrected chi connectivity index (χ4v) is 3.47. The van der Waals surface area contributed by atoms with Crippen LogP contribution in [0.5, 0.6) is 0 Å². The molecule has 0 saturated heterocycles. The molecule has 0 fully saturated rings. The van der Waals surface area contributed by atoms with E-state index < -0.39 is 0 Å². The molecule has 2 nitrogen and oxygen atoms in total. The minimum atomic E-state index is 0.812. The molecule has 0 atom stereocenters. The highest BCUT2D eigenvalue weighted by atomic mass is 16.4. The Balaban J connectivity index is 1.72. The molecule has 0 saturated carbocycles. The maximum Gasteiger partial charge on any atom is 0.145 e. The van der Waals surface area contributed by atoms with Gasteiger partial charge in [-0.2, -0.15) is 0 Å². The smallest absolute Gasteiger partial charge is 0.145 e. The second-order valence-corrected chi connectivity index (χ2v) is 6.61. The van der Waals surface area contributed by atoms with Crippen molar-refractivity contribution in [3.8, 4) is 45.1 Å². The van der Waals surface area contributed by atoms with Gasteiger partial charge in [0, 0.05) is 16.7 Å². The summed E-state index contributed by atoms with van der Waals surface area (Å²) >= 11 is 0. The highest BCUT2D eigenvalue weighted by Gasteiger charge is 2.21. The van der Waals surface area contributed by atoms with E-state index >= 15 is 0 Å². The van der Waals surface area contributed by atoms with Crippen LogP contribution in [0.15, 0.2) is 118 Å². The van der Waals surface area contributed by atoms with Crippen LogP contribution >= 0.6 is 0 Å². The predicted molar refractivity (Wildman–Crippen MR) is 113 cm³/mol. The lowest BCUT2D eigenvalue weighted by molar-refractivity contribution is 0.576. The number of hydrogen-bond donors (Lipinski definition) is 0. The van der Waals surface area contributed by atoms with Gasteiger partial charge in [0.25, 0.3) is 0 Å². The average Bonchev–Trinajstić information content (AvgIpc) is 3.43. The van der Waals surface area contributed by atoms with E-state index in [0.29, 0.717) is 0 Å². The van der Waals surface area contributed by atoms with Crippen LogP contribution in [0.3, 0.4) is 0 Å². The summed E-state index contributed by atoms with van der Waals surface area (Å²) in [5.74, 6) is 2.45. The van der Waals surface area contributed by atoms with Gasteiger partial charge in [0.2, 0.25) is 0 Å². The zero-order valence-corrected chi connectivity index (χ0v) is 15.2. The third-order valence-corrected chi connectivity index (χ3v) is 4.82. The van der Waals surface area contributed by atoms with E-state index in [0.717, 1.165) is 45.1 Å². The fourth-order valence-electron chi connectivity index (χ4n) is 3.47. The predicted octanol–water partition coefficient (Wildman–Crippen LogP) is 7.54. The summed E-state index contributed by atoms with van der Waals surface area (Å²) in [6, 6.07) is 34.7. The lowest BCUT2D eigenvalue weighted by atomic mass is 10.00. The van der Waals surface area contributed by atoms with E-state index in [-0.39, 0.29) is 0 Å². The first-order valence-corrected chi connectivity index (χ1v) is 9.28. The summed E-state index contributed by atoms with van der Waals surface area (Å²) < 4.78 is 12.3. The number of furan rings is 2. The van der Waals surface area contributed by atoms with Crippen LogP contribution in [0.4, 0.5) is 0 Å². The van der Waals surface area contributed by atoms with E-state index in [2.05, 4.69) is 42.5 Å². The lowest BCUT2D eigenvalue weighted by Gasteiger charge is -2.04. The standard InChI is InChI=1S/C26H18O2/c1-4-10-19(11-5-1)22-16-17-27-26(22)23-18-24(20-12-6-2-7-13-20)28-25(23)21-14-8-3-9-15-21/h1-18H. The van der Waals surface area contributed by atoms with Gasteiger partial charge in [-0.25, -0.2) is 0 Å². The molecule has 0 aliphatic heterocycles. The second kappa shape index (κ2) is 7.09. The van der Waals surface area contributed by atoms with Crippen LogP contribution < -0.4 is 0 Å². The maximum atomic E-state index is 6.34.